The van der Waals surface area contributed by atoms with Gasteiger partial charge in [-0.2, -0.15) is 10.2 Å². The smallest absolute Gasteiger partial charge is 0.140 e. The van der Waals surface area contributed by atoms with Crippen LogP contribution in [-0.2, 0) is 17.6 Å². The number of hydrogen-bond acceptors (Lipinski definition) is 6. The average Bonchev–Trinajstić information content (AvgIpc) is 3.36. The molecule has 34 heavy (non-hydrogen) atoms. The lowest BCUT2D eigenvalue weighted by Gasteiger charge is -2.35. The first-order valence-corrected chi connectivity index (χ1v) is 12.3. The number of benzene rings is 2. The summed E-state index contributed by atoms with van der Waals surface area (Å²) in [5.41, 5.74) is 3.65. The third kappa shape index (κ3) is 5.03. The zero-order valence-electron chi connectivity index (χ0n) is 20.3. The lowest BCUT2D eigenvalue weighted by Crippen LogP contribution is -2.30. The Morgan fingerprint density at radius 3 is 2.03 bits per heavy atom. The minimum Gasteiger partial charge on any atom is -0.486 e. The SMILES string of the molecule is CC(C)C(C)(c1ccc(OCc2nccs2)cc1)c1ccc(-c2ccc(C(C)(C)O)nn2)cc1. The Kier molecular flexibility index (Phi) is 6.82. The Labute approximate surface area is 205 Å². The number of aliphatic hydroxyl groups is 1. The van der Waals surface area contributed by atoms with Gasteiger partial charge in [0.05, 0.1) is 11.4 Å². The van der Waals surface area contributed by atoms with Crippen LogP contribution in [0.2, 0.25) is 0 Å². The van der Waals surface area contributed by atoms with E-state index < -0.39 is 5.60 Å². The first-order valence-electron chi connectivity index (χ1n) is 11.5. The molecule has 0 amide bonds. The van der Waals surface area contributed by atoms with Crippen molar-refractivity contribution >= 4 is 11.3 Å². The molecule has 6 heteroatoms. The van der Waals surface area contributed by atoms with Crippen molar-refractivity contribution in [2.24, 2.45) is 5.92 Å². The number of rotatable bonds is 8. The van der Waals surface area contributed by atoms with Gasteiger partial charge in [0.1, 0.15) is 23.0 Å². The van der Waals surface area contributed by atoms with Crippen molar-refractivity contribution in [3.8, 4) is 17.0 Å². The van der Waals surface area contributed by atoms with Gasteiger partial charge in [-0.25, -0.2) is 4.98 Å². The van der Waals surface area contributed by atoms with Crippen molar-refractivity contribution in [1.29, 1.82) is 0 Å². The van der Waals surface area contributed by atoms with Crippen LogP contribution in [0.3, 0.4) is 0 Å². The zero-order chi connectivity index (χ0) is 24.3. The van der Waals surface area contributed by atoms with Crippen molar-refractivity contribution in [2.75, 3.05) is 0 Å². The Bertz CT molecular complexity index is 1200. The molecule has 176 valence electrons. The van der Waals surface area contributed by atoms with Gasteiger partial charge >= 0.3 is 0 Å². The van der Waals surface area contributed by atoms with Gasteiger partial charge in [-0.05, 0) is 55.2 Å². The summed E-state index contributed by atoms with van der Waals surface area (Å²) in [6.45, 7) is 10.7. The van der Waals surface area contributed by atoms with Gasteiger partial charge in [-0.15, -0.1) is 11.3 Å². The van der Waals surface area contributed by atoms with Crippen LogP contribution in [0.1, 0.15) is 56.4 Å². The van der Waals surface area contributed by atoms with E-state index >= 15 is 0 Å². The van der Waals surface area contributed by atoms with E-state index in [-0.39, 0.29) is 5.41 Å². The standard InChI is InChI=1S/C28H31N3O2S/c1-19(2)28(5,22-10-12-23(13-11-22)33-18-26-29-16-17-34-26)21-8-6-20(7-9-21)24-14-15-25(31-30-24)27(3,4)32/h6-17,19,32H,18H2,1-5H3. The third-order valence-corrected chi connectivity index (χ3v) is 7.28. The van der Waals surface area contributed by atoms with E-state index in [1.54, 1.807) is 31.4 Å². The highest BCUT2D eigenvalue weighted by Gasteiger charge is 2.32. The largest absolute Gasteiger partial charge is 0.486 e. The van der Waals surface area contributed by atoms with Crippen LogP contribution in [0.15, 0.2) is 72.2 Å². The van der Waals surface area contributed by atoms with Crippen LogP contribution in [0.5, 0.6) is 5.75 Å². The van der Waals surface area contributed by atoms with Gasteiger partial charge in [-0.3, -0.25) is 0 Å². The van der Waals surface area contributed by atoms with Crippen molar-refractivity contribution in [1.82, 2.24) is 15.2 Å². The number of nitrogens with zero attached hydrogens (tertiary/aromatic N) is 3. The molecule has 0 saturated carbocycles. The van der Waals surface area contributed by atoms with E-state index in [0.29, 0.717) is 18.2 Å². The second-order valence-corrected chi connectivity index (χ2v) is 10.5. The molecular weight excluding hydrogens is 442 g/mol. The quantitative estimate of drug-likeness (QED) is 0.322. The predicted octanol–water partition coefficient (Wildman–Crippen LogP) is 6.37. The molecule has 0 aliphatic heterocycles. The summed E-state index contributed by atoms with van der Waals surface area (Å²) in [7, 11) is 0. The molecule has 1 unspecified atom stereocenters. The summed E-state index contributed by atoms with van der Waals surface area (Å²) in [6, 6.07) is 20.7. The average molecular weight is 474 g/mol. The normalized spacial score (nSPS) is 13.6. The van der Waals surface area contributed by atoms with Crippen molar-refractivity contribution in [3.05, 3.63) is 94.1 Å². The first-order chi connectivity index (χ1) is 16.2. The molecule has 0 radical (unpaired) electrons. The summed E-state index contributed by atoms with van der Waals surface area (Å²) in [4.78, 5) is 4.27. The molecule has 0 spiro atoms. The lowest BCUT2D eigenvalue weighted by molar-refractivity contribution is 0.0729. The van der Waals surface area contributed by atoms with Gasteiger partial charge in [0.15, 0.2) is 0 Å². The first kappa shape index (κ1) is 24.0. The molecule has 1 atom stereocenters. The van der Waals surface area contributed by atoms with E-state index in [1.807, 2.05) is 29.6 Å². The van der Waals surface area contributed by atoms with E-state index in [1.165, 1.54) is 11.1 Å². The van der Waals surface area contributed by atoms with Crippen LogP contribution in [0.25, 0.3) is 11.3 Å². The molecule has 0 aliphatic rings. The fourth-order valence-corrected chi connectivity index (χ4v) is 4.53. The van der Waals surface area contributed by atoms with E-state index in [0.717, 1.165) is 22.0 Å². The summed E-state index contributed by atoms with van der Waals surface area (Å²) in [5.74, 6) is 1.22. The van der Waals surface area contributed by atoms with Gasteiger partial charge in [0.2, 0.25) is 0 Å². The molecule has 0 fully saturated rings. The maximum absolute atomic E-state index is 10.1. The highest BCUT2D eigenvalue weighted by Crippen LogP contribution is 2.40. The highest BCUT2D eigenvalue weighted by molar-refractivity contribution is 7.09. The van der Waals surface area contributed by atoms with Gasteiger partial charge < -0.3 is 9.84 Å². The molecule has 5 nitrogen and oxygen atoms in total. The monoisotopic (exact) mass is 473 g/mol. The fourth-order valence-electron chi connectivity index (χ4n) is 4.00. The van der Waals surface area contributed by atoms with Gasteiger partial charge in [-0.1, -0.05) is 57.2 Å². The molecule has 2 aromatic carbocycles. The number of thiazole rings is 1. The second-order valence-electron chi connectivity index (χ2n) is 9.54. The van der Waals surface area contributed by atoms with E-state index in [9.17, 15) is 5.11 Å². The van der Waals surface area contributed by atoms with E-state index in [2.05, 4.69) is 72.4 Å². The van der Waals surface area contributed by atoms with Crippen LogP contribution >= 0.6 is 11.3 Å². The minimum absolute atomic E-state index is 0.164. The fraction of sp³-hybridized carbons (Fsp3) is 0.321. The molecule has 2 aromatic heterocycles. The molecule has 4 aromatic rings. The van der Waals surface area contributed by atoms with Gasteiger partial charge in [0, 0.05) is 22.6 Å². The summed E-state index contributed by atoms with van der Waals surface area (Å²) in [6.07, 6.45) is 1.79. The van der Waals surface area contributed by atoms with Crippen LogP contribution < -0.4 is 4.74 Å². The summed E-state index contributed by atoms with van der Waals surface area (Å²) < 4.78 is 5.90. The summed E-state index contributed by atoms with van der Waals surface area (Å²) in [5, 5.41) is 21.6. The highest BCUT2D eigenvalue weighted by atomic mass is 32.1. The summed E-state index contributed by atoms with van der Waals surface area (Å²) >= 11 is 1.60. The Balaban J connectivity index is 1.55. The van der Waals surface area contributed by atoms with Crippen molar-refractivity contribution in [2.45, 2.75) is 52.2 Å². The van der Waals surface area contributed by atoms with Crippen LogP contribution in [0, 0.1) is 5.92 Å². The maximum Gasteiger partial charge on any atom is 0.140 e. The molecule has 1 N–H and O–H groups in total. The molecule has 0 saturated heterocycles. The number of hydrogen-bond donors (Lipinski definition) is 1. The van der Waals surface area contributed by atoms with Crippen molar-refractivity contribution < 1.29 is 9.84 Å². The van der Waals surface area contributed by atoms with Crippen molar-refractivity contribution in [3.63, 3.8) is 0 Å². The van der Waals surface area contributed by atoms with Gasteiger partial charge in [0.25, 0.3) is 0 Å². The Morgan fingerprint density at radius 1 is 0.882 bits per heavy atom. The number of aromatic nitrogens is 3. The molecule has 4 rings (SSSR count). The minimum atomic E-state index is -1.00. The topological polar surface area (TPSA) is 68.1 Å². The maximum atomic E-state index is 10.1. The molecular formula is C28H31N3O2S. The number of ether oxygens (including phenoxy) is 1. The molecule has 0 bridgehead atoms. The Hall–Kier alpha value is -3.09. The second kappa shape index (κ2) is 9.65. The molecule has 2 heterocycles. The Morgan fingerprint density at radius 2 is 1.53 bits per heavy atom. The zero-order valence-corrected chi connectivity index (χ0v) is 21.1. The third-order valence-electron chi connectivity index (χ3n) is 6.53. The van der Waals surface area contributed by atoms with Crippen LogP contribution in [0.4, 0.5) is 0 Å². The van der Waals surface area contributed by atoms with E-state index in [4.69, 9.17) is 4.74 Å². The molecule has 0 aliphatic carbocycles. The lowest BCUT2D eigenvalue weighted by atomic mass is 9.68. The van der Waals surface area contributed by atoms with Crippen LogP contribution in [-0.4, -0.2) is 20.3 Å². The predicted molar refractivity (Wildman–Crippen MR) is 137 cm³/mol.